The molecule has 4 aromatic rings. The van der Waals surface area contributed by atoms with Gasteiger partial charge in [-0.15, -0.1) is 46.4 Å². The van der Waals surface area contributed by atoms with Gasteiger partial charge in [0.1, 0.15) is 0 Å². The molecule has 0 atom stereocenters. The van der Waals surface area contributed by atoms with Gasteiger partial charge in [-0.25, -0.2) is 0 Å². The Balaban J connectivity index is 0.000000205. The Morgan fingerprint density at radius 1 is 0.719 bits per heavy atom. The van der Waals surface area contributed by atoms with Crippen LogP contribution in [-0.4, -0.2) is 0 Å². The van der Waals surface area contributed by atoms with E-state index in [0.717, 1.165) is 0 Å². The van der Waals surface area contributed by atoms with E-state index in [4.69, 9.17) is 0 Å². The summed E-state index contributed by atoms with van der Waals surface area (Å²) >= 11 is 0. The van der Waals surface area contributed by atoms with Crippen LogP contribution in [0.1, 0.15) is 25.7 Å². The maximum Gasteiger partial charge on any atom is 0 e. The maximum absolute atomic E-state index is 2.35. The van der Waals surface area contributed by atoms with Crippen molar-refractivity contribution >= 4 is 34.6 Å². The van der Waals surface area contributed by atoms with Gasteiger partial charge in [0.15, 0.2) is 0 Å². The molecule has 0 fully saturated rings. The molecule has 0 radical (unpaired) electrons. The van der Waals surface area contributed by atoms with E-state index in [2.05, 4.69) is 116 Å². The number of fused-ring (bicyclic) bond motifs is 1. The standard InChI is InChI=1S/C21H16P.C9H11.Hf/c1-3-11-19(12-4-1)22(20-13-5-2-6-14-20)21-15-17-9-7-8-10-18(17)16-21;1-2-5-9-7-3-6-8(9)4-1;/h1-16H;1,4,6H,2-3,5,7H2;/q2*-1;. The van der Waals surface area contributed by atoms with Crippen molar-refractivity contribution < 1.29 is 25.8 Å². The number of rotatable bonds is 3. The van der Waals surface area contributed by atoms with E-state index < -0.39 is 7.92 Å². The van der Waals surface area contributed by atoms with Gasteiger partial charge in [-0.1, -0.05) is 92.4 Å². The van der Waals surface area contributed by atoms with Crippen LogP contribution in [0.5, 0.6) is 0 Å². The summed E-state index contributed by atoms with van der Waals surface area (Å²) in [5, 5.41) is 6.89. The zero-order valence-corrected chi connectivity index (χ0v) is 22.7. The summed E-state index contributed by atoms with van der Waals surface area (Å²) in [6.45, 7) is 0. The van der Waals surface area contributed by atoms with Crippen LogP contribution in [0.3, 0.4) is 0 Å². The zero-order valence-electron chi connectivity index (χ0n) is 18.2. The molecule has 2 heteroatoms. The van der Waals surface area contributed by atoms with Gasteiger partial charge in [0.2, 0.25) is 0 Å². The average Bonchev–Trinajstić information content (AvgIpc) is 3.48. The predicted octanol–water partition coefficient (Wildman–Crippen LogP) is 6.95. The first-order chi connectivity index (χ1) is 15.4. The van der Waals surface area contributed by atoms with Gasteiger partial charge < -0.3 is 0 Å². The van der Waals surface area contributed by atoms with Crippen LogP contribution < -0.4 is 15.9 Å². The minimum absolute atomic E-state index is 0. The van der Waals surface area contributed by atoms with E-state index in [1.54, 1.807) is 5.57 Å². The molecule has 0 saturated carbocycles. The summed E-state index contributed by atoms with van der Waals surface area (Å²) in [7, 11) is -0.493. The minimum Gasteiger partial charge on any atom is -0.193 e. The first kappa shape index (κ1) is 23.1. The normalized spacial score (nSPS) is 14.4. The molecule has 6 rings (SSSR count). The quantitative estimate of drug-likeness (QED) is 0.136. The summed E-state index contributed by atoms with van der Waals surface area (Å²) in [5.74, 6) is 0. The third-order valence-corrected chi connectivity index (χ3v) is 8.42. The fourth-order valence-corrected chi connectivity index (χ4v) is 6.85. The topological polar surface area (TPSA) is 0 Å². The van der Waals surface area contributed by atoms with E-state index in [1.807, 2.05) is 0 Å². The fourth-order valence-electron chi connectivity index (χ4n) is 4.48. The summed E-state index contributed by atoms with van der Waals surface area (Å²) in [4.78, 5) is 0. The van der Waals surface area contributed by atoms with Gasteiger partial charge in [-0.2, -0.15) is 29.7 Å². The van der Waals surface area contributed by atoms with Crippen LogP contribution in [0.4, 0.5) is 0 Å². The molecule has 0 unspecified atom stereocenters. The van der Waals surface area contributed by atoms with E-state index in [1.165, 1.54) is 57.9 Å². The van der Waals surface area contributed by atoms with Crippen molar-refractivity contribution in [1.29, 1.82) is 0 Å². The molecule has 0 saturated heterocycles. The molecule has 2 aliphatic rings. The zero-order chi connectivity index (χ0) is 20.9. The Hall–Kier alpha value is -2.08. The number of allylic oxidation sites excluding steroid dienone is 4. The molecular weight excluding hydrogens is 570 g/mol. The monoisotopic (exact) mass is 598 g/mol. The molecule has 0 nitrogen and oxygen atoms in total. The smallest absolute Gasteiger partial charge is 0 e. The van der Waals surface area contributed by atoms with Crippen molar-refractivity contribution in [2.24, 2.45) is 0 Å². The minimum atomic E-state index is -0.493. The van der Waals surface area contributed by atoms with Crippen LogP contribution in [0, 0.1) is 6.42 Å². The van der Waals surface area contributed by atoms with Gasteiger partial charge in [0.05, 0.1) is 0 Å². The Kier molecular flexibility index (Phi) is 8.06. The second kappa shape index (κ2) is 11.2. The van der Waals surface area contributed by atoms with Crippen LogP contribution in [0.25, 0.3) is 10.8 Å². The van der Waals surface area contributed by atoms with Crippen LogP contribution in [-0.2, 0) is 25.8 Å². The molecule has 0 amide bonds. The summed E-state index contributed by atoms with van der Waals surface area (Å²) in [6, 6.07) is 35.0. The van der Waals surface area contributed by atoms with Gasteiger partial charge in [-0.05, 0) is 18.5 Å². The third kappa shape index (κ3) is 5.28. The molecule has 0 aliphatic heterocycles. The largest absolute Gasteiger partial charge is 0.193 e. The van der Waals surface area contributed by atoms with Crippen molar-refractivity contribution in [3.05, 3.63) is 127 Å². The van der Waals surface area contributed by atoms with Crippen LogP contribution >= 0.6 is 7.92 Å². The summed E-state index contributed by atoms with van der Waals surface area (Å²) in [6.07, 6.45) is 12.1. The van der Waals surface area contributed by atoms with E-state index in [-0.39, 0.29) is 25.8 Å². The molecular formula is C30H27HfP-2. The molecule has 0 heterocycles. The van der Waals surface area contributed by atoms with Crippen molar-refractivity contribution in [3.8, 4) is 0 Å². The van der Waals surface area contributed by atoms with Crippen molar-refractivity contribution in [2.45, 2.75) is 25.7 Å². The fraction of sp³-hybridized carbons (Fsp3) is 0.133. The SMILES string of the molecule is C1=CC2=C(CC1)CC[CH-]2.[Hf].c1ccc(P(c2ccccc2)c2cc3ccccc3[cH-]2)cc1. The summed E-state index contributed by atoms with van der Waals surface area (Å²) in [5.41, 5.74) is 3.22. The second-order valence-corrected chi connectivity index (χ2v) is 10.3. The van der Waals surface area contributed by atoms with Crippen molar-refractivity contribution in [2.75, 3.05) is 0 Å². The molecule has 2 aliphatic carbocycles. The first-order valence-corrected chi connectivity index (χ1v) is 12.5. The van der Waals surface area contributed by atoms with Gasteiger partial charge in [0, 0.05) is 25.8 Å². The second-order valence-electron chi connectivity index (χ2n) is 8.09. The van der Waals surface area contributed by atoms with E-state index in [9.17, 15) is 0 Å². The Bertz CT molecular complexity index is 1130. The molecule has 0 bridgehead atoms. The molecule has 0 aromatic heterocycles. The average molecular weight is 597 g/mol. The van der Waals surface area contributed by atoms with Gasteiger partial charge in [-0.3, -0.25) is 0 Å². The van der Waals surface area contributed by atoms with Crippen LogP contribution in [0.2, 0.25) is 0 Å². The summed E-state index contributed by atoms with van der Waals surface area (Å²) < 4.78 is 0. The Morgan fingerprint density at radius 2 is 1.38 bits per heavy atom. The molecule has 4 aromatic carbocycles. The van der Waals surface area contributed by atoms with E-state index in [0.29, 0.717) is 0 Å². The molecule has 0 N–H and O–H groups in total. The van der Waals surface area contributed by atoms with E-state index >= 15 is 0 Å². The number of hydrogen-bond acceptors (Lipinski definition) is 0. The first-order valence-electron chi connectivity index (χ1n) is 11.2. The molecule has 158 valence electrons. The third-order valence-electron chi connectivity index (χ3n) is 6.02. The maximum atomic E-state index is 2.35. The predicted molar refractivity (Wildman–Crippen MR) is 137 cm³/mol. The van der Waals surface area contributed by atoms with Gasteiger partial charge >= 0.3 is 0 Å². The molecule has 32 heavy (non-hydrogen) atoms. The van der Waals surface area contributed by atoms with Gasteiger partial charge in [0.25, 0.3) is 0 Å². The van der Waals surface area contributed by atoms with Crippen molar-refractivity contribution in [3.63, 3.8) is 0 Å². The number of benzene rings is 3. The van der Waals surface area contributed by atoms with Crippen LogP contribution in [0.15, 0.2) is 120 Å². The molecule has 0 spiro atoms. The van der Waals surface area contributed by atoms with Crippen molar-refractivity contribution in [1.82, 2.24) is 0 Å². The Labute approximate surface area is 212 Å². The number of hydrogen-bond donors (Lipinski definition) is 0. The Morgan fingerprint density at radius 3 is 2.03 bits per heavy atom.